The second kappa shape index (κ2) is 9.54. The van der Waals surface area contributed by atoms with Gasteiger partial charge in [0, 0.05) is 12.1 Å². The lowest BCUT2D eigenvalue weighted by Crippen LogP contribution is -2.41. The highest BCUT2D eigenvalue weighted by atomic mass is 16.5. The topological polar surface area (TPSA) is 87.8 Å². The number of carbonyl (C=O) groups excluding carboxylic acids is 1. The van der Waals surface area contributed by atoms with Gasteiger partial charge in [-0.2, -0.15) is 10.1 Å². The molecule has 8 nitrogen and oxygen atoms in total. The van der Waals surface area contributed by atoms with E-state index in [-0.39, 0.29) is 17.7 Å². The fourth-order valence-corrected chi connectivity index (χ4v) is 5.33. The molecule has 2 heterocycles. The summed E-state index contributed by atoms with van der Waals surface area (Å²) in [6.45, 7) is 0. The first kappa shape index (κ1) is 23.0. The predicted octanol–water partition coefficient (Wildman–Crippen LogP) is 5.53. The van der Waals surface area contributed by atoms with Crippen LogP contribution in [0.1, 0.15) is 35.9 Å². The summed E-state index contributed by atoms with van der Waals surface area (Å²) < 4.78 is 18.7. The molecule has 0 radical (unpaired) electrons. The number of para-hydroxylation sites is 1. The maximum absolute atomic E-state index is 13.8. The predicted molar refractivity (Wildman–Crippen MR) is 138 cm³/mol. The van der Waals surface area contributed by atoms with E-state index < -0.39 is 5.92 Å². The molecule has 186 valence electrons. The summed E-state index contributed by atoms with van der Waals surface area (Å²) in [5, 5.41) is 4.45. The number of nitrogens with zero attached hydrogens (tertiary/aromatic N) is 4. The van der Waals surface area contributed by atoms with E-state index in [2.05, 4.69) is 10.1 Å². The first-order chi connectivity index (χ1) is 18.1. The van der Waals surface area contributed by atoms with E-state index in [1.807, 2.05) is 72.8 Å². The zero-order valence-electron chi connectivity index (χ0n) is 20.6. The van der Waals surface area contributed by atoms with Crippen LogP contribution in [0.15, 0.2) is 84.1 Å². The number of fused-ring (bicyclic) bond motifs is 2. The number of rotatable bonds is 6. The highest BCUT2D eigenvalue weighted by molar-refractivity contribution is 6.10. The number of hydrogen-bond acceptors (Lipinski definition) is 7. The van der Waals surface area contributed by atoms with Gasteiger partial charge in [-0.15, -0.1) is 0 Å². The minimum Gasteiger partial charge on any atom is -0.493 e. The molecule has 6 rings (SSSR count). The number of aromatic nitrogens is 3. The molecule has 1 fully saturated rings. The third-order valence-corrected chi connectivity index (χ3v) is 7.04. The van der Waals surface area contributed by atoms with Crippen LogP contribution in [0.3, 0.4) is 0 Å². The van der Waals surface area contributed by atoms with Crippen molar-refractivity contribution in [3.05, 3.63) is 90.3 Å². The van der Waals surface area contributed by atoms with Gasteiger partial charge in [0.05, 0.1) is 26.2 Å². The van der Waals surface area contributed by atoms with Gasteiger partial charge in [0.25, 0.3) is 0 Å². The smallest absolute Gasteiger partial charge is 0.248 e. The monoisotopic (exact) mass is 494 g/mol. The molecule has 3 unspecified atom stereocenters. The maximum atomic E-state index is 13.8. The number of hydrogen-bond donors (Lipinski definition) is 0. The van der Waals surface area contributed by atoms with Gasteiger partial charge < -0.3 is 14.2 Å². The molecule has 8 heteroatoms. The Morgan fingerprint density at radius 2 is 1.65 bits per heavy atom. The van der Waals surface area contributed by atoms with E-state index in [1.165, 1.54) is 6.33 Å². The van der Waals surface area contributed by atoms with Gasteiger partial charge in [-0.05, 0) is 59.9 Å². The van der Waals surface area contributed by atoms with Gasteiger partial charge >= 0.3 is 0 Å². The van der Waals surface area contributed by atoms with Gasteiger partial charge in [0.1, 0.15) is 23.6 Å². The maximum Gasteiger partial charge on any atom is 0.248 e. The van der Waals surface area contributed by atoms with Crippen molar-refractivity contribution in [3.63, 3.8) is 0 Å². The molecule has 0 saturated heterocycles. The molecular weight excluding hydrogens is 468 g/mol. The summed E-state index contributed by atoms with van der Waals surface area (Å²) in [5.41, 5.74) is 2.78. The largest absolute Gasteiger partial charge is 0.493 e. The number of methoxy groups -OCH3 is 2. The summed E-state index contributed by atoms with van der Waals surface area (Å²) in [6, 6.07) is 22.9. The normalized spacial score (nSPS) is 20.4. The van der Waals surface area contributed by atoms with Gasteiger partial charge in [-0.25, -0.2) is 9.67 Å². The zero-order valence-corrected chi connectivity index (χ0v) is 20.6. The molecule has 1 aromatic heterocycles. The lowest BCUT2D eigenvalue weighted by molar-refractivity contribution is -0.122. The van der Waals surface area contributed by atoms with Crippen LogP contribution in [0.5, 0.6) is 23.0 Å². The van der Waals surface area contributed by atoms with Crippen molar-refractivity contribution in [3.8, 4) is 23.0 Å². The van der Waals surface area contributed by atoms with Crippen molar-refractivity contribution in [1.29, 1.82) is 0 Å². The molecule has 1 saturated carbocycles. The molecule has 3 aromatic carbocycles. The van der Waals surface area contributed by atoms with Crippen molar-refractivity contribution in [2.75, 3.05) is 14.2 Å². The van der Waals surface area contributed by atoms with Gasteiger partial charge in [0.2, 0.25) is 5.95 Å². The van der Waals surface area contributed by atoms with Gasteiger partial charge in [-0.1, -0.05) is 36.4 Å². The molecule has 1 aliphatic heterocycles. The van der Waals surface area contributed by atoms with Crippen LogP contribution in [0, 0.1) is 5.92 Å². The molecule has 0 spiro atoms. The van der Waals surface area contributed by atoms with Crippen LogP contribution in [0.25, 0.3) is 0 Å². The minimum absolute atomic E-state index is 0.00910. The Bertz CT molecular complexity index is 1480. The lowest BCUT2D eigenvalue weighted by atomic mass is 9.72. The number of aliphatic imine (C=N–C) groups is 1. The molecule has 0 bridgehead atoms. The Labute approximate surface area is 214 Å². The molecule has 37 heavy (non-hydrogen) atoms. The molecule has 3 atom stereocenters. The van der Waals surface area contributed by atoms with E-state index in [1.54, 1.807) is 18.9 Å². The summed E-state index contributed by atoms with van der Waals surface area (Å²) >= 11 is 0. The van der Waals surface area contributed by atoms with Crippen LogP contribution >= 0.6 is 0 Å². The molecule has 0 amide bonds. The fraction of sp³-hybridized carbons (Fsp3) is 0.241. The van der Waals surface area contributed by atoms with Gasteiger partial charge in [0.15, 0.2) is 11.5 Å². The third-order valence-electron chi connectivity index (χ3n) is 7.04. The fourth-order valence-electron chi connectivity index (χ4n) is 5.33. The summed E-state index contributed by atoms with van der Waals surface area (Å²) in [7, 11) is 3.22. The Balaban J connectivity index is 1.34. The first-order valence-electron chi connectivity index (χ1n) is 12.2. The average Bonchev–Trinajstić information content (AvgIpc) is 3.40. The Morgan fingerprint density at radius 3 is 2.46 bits per heavy atom. The highest BCUT2D eigenvalue weighted by Gasteiger charge is 2.44. The first-order valence-corrected chi connectivity index (χ1v) is 12.2. The number of ether oxygens (including phenoxy) is 3. The highest BCUT2D eigenvalue weighted by Crippen LogP contribution is 2.45. The van der Waals surface area contributed by atoms with Crippen LogP contribution in [0.2, 0.25) is 0 Å². The average molecular weight is 495 g/mol. The van der Waals surface area contributed by atoms with E-state index in [9.17, 15) is 4.79 Å². The van der Waals surface area contributed by atoms with Crippen molar-refractivity contribution in [1.82, 2.24) is 14.8 Å². The SMILES string of the molecule is COc1ccc(C2CC(=O)C3C(=Nc4ncnn4C3c3cccc(Oc4ccccc4)c3)C2)cc1OC. The summed E-state index contributed by atoms with van der Waals surface area (Å²) in [5.74, 6) is 2.96. The third kappa shape index (κ3) is 4.24. The van der Waals surface area contributed by atoms with E-state index in [0.717, 1.165) is 22.6 Å². The van der Waals surface area contributed by atoms with E-state index in [4.69, 9.17) is 19.2 Å². The van der Waals surface area contributed by atoms with E-state index in [0.29, 0.717) is 36.0 Å². The van der Waals surface area contributed by atoms with Crippen molar-refractivity contribution >= 4 is 17.4 Å². The van der Waals surface area contributed by atoms with Crippen molar-refractivity contribution < 1.29 is 19.0 Å². The second-order valence-electron chi connectivity index (χ2n) is 9.20. The summed E-state index contributed by atoms with van der Waals surface area (Å²) in [4.78, 5) is 22.9. The standard InChI is InChI=1S/C29H26N4O4/c1-35-25-12-11-18(16-26(25)36-2)20-14-23-27(24(34)15-20)28(33-29(32-23)30-17-31-33)19-7-6-10-22(13-19)37-21-8-4-3-5-9-21/h3-13,16-17,20,27-28H,14-15H2,1-2H3. The Kier molecular flexibility index (Phi) is 5.92. The second-order valence-corrected chi connectivity index (χ2v) is 9.20. The summed E-state index contributed by atoms with van der Waals surface area (Å²) in [6.07, 6.45) is 2.54. The Morgan fingerprint density at radius 1 is 0.838 bits per heavy atom. The van der Waals surface area contributed by atoms with Gasteiger partial charge in [-0.3, -0.25) is 4.79 Å². The molecule has 1 aliphatic carbocycles. The molecule has 2 aliphatic rings. The van der Waals surface area contributed by atoms with Crippen LogP contribution in [-0.4, -0.2) is 40.5 Å². The quantitative estimate of drug-likeness (QED) is 0.350. The molecule has 0 N–H and O–H groups in total. The molecule has 4 aromatic rings. The number of Topliss-reactive ketones (excluding diaryl/α,β-unsaturated/α-hetero) is 1. The number of ketones is 1. The molecular formula is C29H26N4O4. The zero-order chi connectivity index (χ0) is 25.4. The van der Waals surface area contributed by atoms with Crippen LogP contribution < -0.4 is 14.2 Å². The van der Waals surface area contributed by atoms with Crippen molar-refractivity contribution in [2.45, 2.75) is 24.8 Å². The lowest BCUT2D eigenvalue weighted by Gasteiger charge is -2.37. The van der Waals surface area contributed by atoms with Crippen LogP contribution in [-0.2, 0) is 4.79 Å². The minimum atomic E-state index is -0.419. The van der Waals surface area contributed by atoms with Crippen molar-refractivity contribution in [2.24, 2.45) is 10.9 Å². The number of benzene rings is 3. The van der Waals surface area contributed by atoms with E-state index >= 15 is 0 Å². The number of carbonyl (C=O) groups is 1. The Hall–Kier alpha value is -4.46. The van der Waals surface area contributed by atoms with Crippen LogP contribution in [0.4, 0.5) is 5.95 Å².